The van der Waals surface area contributed by atoms with Crippen LogP contribution in [0.4, 0.5) is 5.69 Å². The average Bonchev–Trinajstić information content (AvgIpc) is 3.23. The Hall–Kier alpha value is -3.03. The van der Waals surface area contributed by atoms with Gasteiger partial charge in [0.2, 0.25) is 0 Å². The Balaban J connectivity index is 1.36. The molecule has 166 valence electrons. The summed E-state index contributed by atoms with van der Waals surface area (Å²) in [5.41, 5.74) is 2.68. The summed E-state index contributed by atoms with van der Waals surface area (Å²) in [5.74, 6) is 0.137. The first-order chi connectivity index (χ1) is 15.3. The van der Waals surface area contributed by atoms with E-state index in [-0.39, 0.29) is 23.5 Å². The van der Waals surface area contributed by atoms with Gasteiger partial charge in [-0.2, -0.15) is 0 Å². The molecule has 32 heavy (non-hydrogen) atoms. The molecular formula is C24H23ClN2O4S. The van der Waals surface area contributed by atoms with Crippen molar-refractivity contribution in [2.75, 3.05) is 17.5 Å². The topological polar surface area (TPSA) is 75.7 Å². The molecule has 0 saturated heterocycles. The van der Waals surface area contributed by atoms with Crippen molar-refractivity contribution in [3.8, 4) is 5.75 Å². The zero-order valence-electron chi connectivity index (χ0n) is 17.5. The van der Waals surface area contributed by atoms with Gasteiger partial charge in [-0.05, 0) is 66.9 Å². The van der Waals surface area contributed by atoms with E-state index in [2.05, 4.69) is 5.32 Å². The highest BCUT2D eigenvalue weighted by Crippen LogP contribution is 2.33. The predicted octanol–water partition coefficient (Wildman–Crippen LogP) is 4.35. The van der Waals surface area contributed by atoms with Crippen molar-refractivity contribution in [2.24, 2.45) is 0 Å². The third kappa shape index (κ3) is 4.74. The molecule has 8 heteroatoms. The summed E-state index contributed by atoms with van der Waals surface area (Å²) in [4.78, 5) is 12.4. The van der Waals surface area contributed by atoms with E-state index in [9.17, 15) is 13.2 Å². The van der Waals surface area contributed by atoms with E-state index >= 15 is 0 Å². The maximum absolute atomic E-state index is 13.1. The van der Waals surface area contributed by atoms with Crippen molar-refractivity contribution in [3.05, 3.63) is 88.9 Å². The highest BCUT2D eigenvalue weighted by Gasteiger charge is 2.30. The number of halogens is 1. The van der Waals surface area contributed by atoms with E-state index in [1.54, 1.807) is 24.3 Å². The number of hydrogen-bond acceptors (Lipinski definition) is 4. The number of nitrogens with zero attached hydrogens (tertiary/aromatic N) is 1. The van der Waals surface area contributed by atoms with Crippen LogP contribution in [0.2, 0.25) is 5.02 Å². The lowest BCUT2D eigenvalue weighted by molar-refractivity contribution is -0.123. The molecule has 4 rings (SSSR count). The molecule has 1 N–H and O–H groups in total. The monoisotopic (exact) mass is 470 g/mol. The van der Waals surface area contributed by atoms with E-state index in [1.165, 1.54) is 16.4 Å². The lowest BCUT2D eigenvalue weighted by Crippen LogP contribution is -2.31. The quantitative estimate of drug-likeness (QED) is 0.557. The molecule has 3 aromatic carbocycles. The number of ether oxygens (including phenoxy) is 1. The number of para-hydroxylation sites is 1. The van der Waals surface area contributed by atoms with Gasteiger partial charge in [-0.1, -0.05) is 41.9 Å². The van der Waals surface area contributed by atoms with E-state index < -0.39 is 10.0 Å². The van der Waals surface area contributed by atoms with Gasteiger partial charge in [0.05, 0.1) is 16.6 Å². The number of fused-ring (bicyclic) bond motifs is 1. The fourth-order valence-corrected chi connectivity index (χ4v) is 5.29. The first kappa shape index (κ1) is 22.2. The summed E-state index contributed by atoms with van der Waals surface area (Å²) in [5, 5.41) is 3.49. The molecule has 6 nitrogen and oxygen atoms in total. The summed E-state index contributed by atoms with van der Waals surface area (Å²) in [6, 6.07) is 20.7. The van der Waals surface area contributed by atoms with E-state index in [0.717, 1.165) is 16.8 Å². The van der Waals surface area contributed by atoms with Crippen LogP contribution in [0.5, 0.6) is 5.75 Å². The lowest BCUT2D eigenvalue weighted by atomic mass is 10.1. The second-order valence-electron chi connectivity index (χ2n) is 7.56. The standard InChI is InChI=1S/C24H23ClN2O4S/c1-17(18-6-8-20(25)9-7-18)26-24(28)16-31-21-10-12-22(13-11-21)32(29,30)27-15-14-19-4-2-3-5-23(19)27/h2-13,17H,14-16H2,1H3,(H,26,28). The minimum Gasteiger partial charge on any atom is -0.484 e. The van der Waals surface area contributed by atoms with Crippen LogP contribution in [0, 0.1) is 0 Å². The van der Waals surface area contributed by atoms with Gasteiger partial charge in [0.15, 0.2) is 6.61 Å². The summed E-state index contributed by atoms with van der Waals surface area (Å²) in [6.45, 7) is 2.12. The summed E-state index contributed by atoms with van der Waals surface area (Å²) in [6.07, 6.45) is 0.695. The normalized spacial score (nSPS) is 14.0. The zero-order valence-corrected chi connectivity index (χ0v) is 19.1. The molecule has 1 amide bonds. The number of hydrogen-bond donors (Lipinski definition) is 1. The number of benzene rings is 3. The third-order valence-corrected chi connectivity index (χ3v) is 7.45. The minimum atomic E-state index is -3.66. The number of sulfonamides is 1. The SMILES string of the molecule is CC(NC(=O)COc1ccc(S(=O)(=O)N2CCc3ccccc32)cc1)c1ccc(Cl)cc1. The van der Waals surface area contributed by atoms with Crippen LogP contribution in [-0.2, 0) is 21.2 Å². The first-order valence-corrected chi connectivity index (χ1v) is 12.0. The summed E-state index contributed by atoms with van der Waals surface area (Å²) >= 11 is 5.89. The van der Waals surface area contributed by atoms with E-state index in [4.69, 9.17) is 16.3 Å². The summed E-state index contributed by atoms with van der Waals surface area (Å²) in [7, 11) is -3.66. The lowest BCUT2D eigenvalue weighted by Gasteiger charge is -2.19. The number of amides is 1. The largest absolute Gasteiger partial charge is 0.484 e. The van der Waals surface area contributed by atoms with Crippen molar-refractivity contribution in [1.82, 2.24) is 5.32 Å². The van der Waals surface area contributed by atoms with Crippen LogP contribution < -0.4 is 14.4 Å². The number of nitrogens with one attached hydrogen (secondary N) is 1. The molecule has 0 radical (unpaired) electrons. The van der Waals surface area contributed by atoms with Gasteiger partial charge in [0.1, 0.15) is 5.75 Å². The number of carbonyl (C=O) groups excluding carboxylic acids is 1. The number of anilines is 1. The van der Waals surface area contributed by atoms with Crippen molar-refractivity contribution in [3.63, 3.8) is 0 Å². The van der Waals surface area contributed by atoms with E-state index in [1.807, 2.05) is 43.3 Å². The van der Waals surface area contributed by atoms with Gasteiger partial charge in [-0.15, -0.1) is 0 Å². The molecule has 0 spiro atoms. The molecule has 0 aromatic heterocycles. The van der Waals surface area contributed by atoms with Crippen LogP contribution >= 0.6 is 11.6 Å². The minimum absolute atomic E-state index is 0.177. The van der Waals surface area contributed by atoms with Crippen LogP contribution in [0.25, 0.3) is 0 Å². The molecule has 0 bridgehead atoms. The highest BCUT2D eigenvalue weighted by atomic mass is 35.5. The summed E-state index contributed by atoms with van der Waals surface area (Å²) < 4.78 is 33.1. The third-order valence-electron chi connectivity index (χ3n) is 5.37. The van der Waals surface area contributed by atoms with Gasteiger partial charge in [0, 0.05) is 11.6 Å². The molecule has 0 aliphatic carbocycles. The van der Waals surface area contributed by atoms with Crippen molar-refractivity contribution in [2.45, 2.75) is 24.3 Å². The van der Waals surface area contributed by atoms with Gasteiger partial charge < -0.3 is 10.1 Å². The Morgan fingerprint density at radius 3 is 2.47 bits per heavy atom. The van der Waals surface area contributed by atoms with Crippen molar-refractivity contribution < 1.29 is 17.9 Å². The molecule has 1 aliphatic rings. The van der Waals surface area contributed by atoms with Crippen LogP contribution in [0.15, 0.2) is 77.7 Å². The Morgan fingerprint density at radius 1 is 1.06 bits per heavy atom. The molecule has 1 aliphatic heterocycles. The molecular weight excluding hydrogens is 448 g/mol. The molecule has 1 heterocycles. The Morgan fingerprint density at radius 2 is 1.75 bits per heavy atom. The van der Waals surface area contributed by atoms with Crippen LogP contribution in [0.3, 0.4) is 0 Å². The van der Waals surface area contributed by atoms with Gasteiger partial charge in [0.25, 0.3) is 15.9 Å². The number of carbonyl (C=O) groups is 1. The first-order valence-electron chi connectivity index (χ1n) is 10.2. The Kier molecular flexibility index (Phi) is 6.39. The molecule has 1 atom stereocenters. The van der Waals surface area contributed by atoms with Crippen LogP contribution in [-0.4, -0.2) is 27.5 Å². The van der Waals surface area contributed by atoms with E-state index in [0.29, 0.717) is 23.7 Å². The maximum atomic E-state index is 13.1. The number of rotatable bonds is 7. The second-order valence-corrected chi connectivity index (χ2v) is 9.86. The fourth-order valence-electron chi connectivity index (χ4n) is 3.66. The zero-order chi connectivity index (χ0) is 22.7. The van der Waals surface area contributed by atoms with Crippen molar-refractivity contribution >= 4 is 33.2 Å². The average molecular weight is 471 g/mol. The smallest absolute Gasteiger partial charge is 0.264 e. The van der Waals surface area contributed by atoms with Gasteiger partial charge in [-0.25, -0.2) is 8.42 Å². The Bertz CT molecular complexity index is 1210. The maximum Gasteiger partial charge on any atom is 0.264 e. The molecule has 0 saturated carbocycles. The van der Waals surface area contributed by atoms with Gasteiger partial charge in [-0.3, -0.25) is 9.10 Å². The van der Waals surface area contributed by atoms with Crippen LogP contribution in [0.1, 0.15) is 24.1 Å². The fraction of sp³-hybridized carbons (Fsp3) is 0.208. The van der Waals surface area contributed by atoms with Gasteiger partial charge >= 0.3 is 0 Å². The highest BCUT2D eigenvalue weighted by molar-refractivity contribution is 7.92. The predicted molar refractivity (Wildman–Crippen MR) is 125 cm³/mol. The molecule has 0 fully saturated rings. The Labute approximate surface area is 192 Å². The molecule has 1 unspecified atom stereocenters. The van der Waals surface area contributed by atoms with Crippen molar-refractivity contribution in [1.29, 1.82) is 0 Å². The second kappa shape index (κ2) is 9.22. The molecule has 3 aromatic rings.